The third kappa shape index (κ3) is 2.55. The molecule has 7 nitrogen and oxygen atoms in total. The fourth-order valence-electron chi connectivity index (χ4n) is 4.06. The van der Waals surface area contributed by atoms with Crippen molar-refractivity contribution in [3.63, 3.8) is 0 Å². The molecule has 0 saturated carbocycles. The van der Waals surface area contributed by atoms with Crippen LogP contribution in [0, 0.1) is 11.3 Å². The lowest BCUT2D eigenvalue weighted by Crippen LogP contribution is -2.49. The van der Waals surface area contributed by atoms with E-state index in [1.165, 1.54) is 0 Å². The van der Waals surface area contributed by atoms with E-state index in [-0.39, 0.29) is 22.9 Å². The van der Waals surface area contributed by atoms with Crippen molar-refractivity contribution in [2.24, 2.45) is 0 Å². The molecule has 8 heteroatoms. The summed E-state index contributed by atoms with van der Waals surface area (Å²) >= 11 is 6.01. The van der Waals surface area contributed by atoms with Crippen LogP contribution in [0.4, 0.5) is 10.6 Å². The standard InChI is InChI=1S/C16H19ClN6O/c17-15-13(7-18)19-8-14(20-15)21-5-1-3-11(9-21)23-10-12-4-2-6-22(12)16(23)24/h8,11-12H,1-6,9-10H2. The van der Waals surface area contributed by atoms with E-state index in [1.54, 1.807) is 6.20 Å². The van der Waals surface area contributed by atoms with Gasteiger partial charge in [-0.05, 0) is 25.7 Å². The van der Waals surface area contributed by atoms with Crippen LogP contribution in [0.15, 0.2) is 6.20 Å². The number of amides is 2. The minimum Gasteiger partial charge on any atom is -0.353 e. The van der Waals surface area contributed by atoms with E-state index in [0.29, 0.717) is 11.9 Å². The molecule has 3 fully saturated rings. The van der Waals surface area contributed by atoms with Gasteiger partial charge >= 0.3 is 6.03 Å². The van der Waals surface area contributed by atoms with Crippen molar-refractivity contribution in [3.05, 3.63) is 17.0 Å². The van der Waals surface area contributed by atoms with Crippen molar-refractivity contribution in [2.75, 3.05) is 31.1 Å². The lowest BCUT2D eigenvalue weighted by atomic mass is 10.0. The van der Waals surface area contributed by atoms with Crippen LogP contribution in [-0.2, 0) is 0 Å². The normalized spacial score (nSPS) is 26.7. The summed E-state index contributed by atoms with van der Waals surface area (Å²) in [5.41, 5.74) is 0.143. The van der Waals surface area contributed by atoms with Crippen molar-refractivity contribution in [1.82, 2.24) is 19.8 Å². The van der Waals surface area contributed by atoms with Crippen LogP contribution in [0.2, 0.25) is 5.15 Å². The first-order chi connectivity index (χ1) is 11.7. The Labute approximate surface area is 145 Å². The zero-order valence-electron chi connectivity index (χ0n) is 13.4. The highest BCUT2D eigenvalue weighted by Crippen LogP contribution is 2.30. The monoisotopic (exact) mass is 346 g/mol. The maximum Gasteiger partial charge on any atom is 0.320 e. The molecule has 24 heavy (non-hydrogen) atoms. The van der Waals surface area contributed by atoms with Crippen molar-refractivity contribution in [2.45, 2.75) is 37.8 Å². The van der Waals surface area contributed by atoms with Gasteiger partial charge in [-0.25, -0.2) is 14.8 Å². The summed E-state index contributed by atoms with van der Waals surface area (Å²) < 4.78 is 0. The highest BCUT2D eigenvalue weighted by Gasteiger charge is 2.43. The van der Waals surface area contributed by atoms with Crippen molar-refractivity contribution >= 4 is 23.4 Å². The molecule has 0 bridgehead atoms. The molecule has 1 aromatic rings. The Morgan fingerprint density at radius 1 is 1.17 bits per heavy atom. The Balaban J connectivity index is 1.49. The summed E-state index contributed by atoms with van der Waals surface area (Å²) in [5, 5.41) is 9.05. The smallest absolute Gasteiger partial charge is 0.320 e. The Bertz CT molecular complexity index is 704. The van der Waals surface area contributed by atoms with E-state index < -0.39 is 0 Å². The number of urea groups is 1. The maximum absolute atomic E-state index is 12.6. The number of nitriles is 1. The average molecular weight is 347 g/mol. The number of piperidine rings is 1. The Morgan fingerprint density at radius 2 is 1.92 bits per heavy atom. The number of aromatic nitrogens is 2. The van der Waals surface area contributed by atoms with Crippen LogP contribution in [0.5, 0.6) is 0 Å². The first-order valence-corrected chi connectivity index (χ1v) is 8.80. The van der Waals surface area contributed by atoms with Crippen LogP contribution in [0.3, 0.4) is 0 Å². The number of hydrogen-bond acceptors (Lipinski definition) is 5. The van der Waals surface area contributed by atoms with Crippen LogP contribution in [0.1, 0.15) is 31.4 Å². The highest BCUT2D eigenvalue weighted by atomic mass is 35.5. The molecular formula is C16H19ClN6O. The van der Waals surface area contributed by atoms with Gasteiger partial charge in [-0.1, -0.05) is 11.6 Å². The summed E-state index contributed by atoms with van der Waals surface area (Å²) in [6, 6.07) is 2.71. The van der Waals surface area contributed by atoms with Crippen LogP contribution in [0.25, 0.3) is 0 Å². The van der Waals surface area contributed by atoms with Crippen molar-refractivity contribution in [3.8, 4) is 6.07 Å². The third-order valence-corrected chi connectivity index (χ3v) is 5.52. The van der Waals surface area contributed by atoms with E-state index in [2.05, 4.69) is 14.9 Å². The molecule has 2 atom stereocenters. The van der Waals surface area contributed by atoms with Gasteiger partial charge in [0.25, 0.3) is 0 Å². The zero-order chi connectivity index (χ0) is 16.7. The van der Waals surface area contributed by atoms with Crippen molar-refractivity contribution in [1.29, 1.82) is 5.26 Å². The van der Waals surface area contributed by atoms with Gasteiger partial charge < -0.3 is 14.7 Å². The molecular weight excluding hydrogens is 328 g/mol. The molecule has 3 aliphatic rings. The number of fused-ring (bicyclic) bond motifs is 1. The fraction of sp³-hybridized carbons (Fsp3) is 0.625. The van der Waals surface area contributed by atoms with Gasteiger partial charge in [0.05, 0.1) is 18.3 Å². The van der Waals surface area contributed by atoms with E-state index >= 15 is 0 Å². The topological polar surface area (TPSA) is 76.4 Å². The van der Waals surface area contributed by atoms with Gasteiger partial charge in [0, 0.05) is 26.2 Å². The van der Waals surface area contributed by atoms with E-state index in [0.717, 1.165) is 51.9 Å². The molecule has 1 aromatic heterocycles. The first kappa shape index (κ1) is 15.5. The van der Waals surface area contributed by atoms with Gasteiger partial charge in [-0.2, -0.15) is 5.26 Å². The molecule has 0 aromatic carbocycles. The highest BCUT2D eigenvalue weighted by molar-refractivity contribution is 6.30. The molecule has 2 amide bonds. The Morgan fingerprint density at radius 3 is 2.62 bits per heavy atom. The minimum absolute atomic E-state index is 0.134. The number of nitrogens with zero attached hydrogens (tertiary/aromatic N) is 6. The summed E-state index contributed by atoms with van der Waals surface area (Å²) in [5.74, 6) is 0.677. The summed E-state index contributed by atoms with van der Waals surface area (Å²) in [7, 11) is 0. The van der Waals surface area contributed by atoms with Crippen molar-refractivity contribution < 1.29 is 4.79 Å². The predicted molar refractivity (Wildman–Crippen MR) is 88.8 cm³/mol. The van der Waals surface area contributed by atoms with E-state index in [4.69, 9.17) is 16.9 Å². The summed E-state index contributed by atoms with van der Waals surface area (Å²) in [6.07, 6.45) is 5.85. The SMILES string of the molecule is N#Cc1ncc(N2CCCC(N3CC4CCCN4C3=O)C2)nc1Cl. The maximum atomic E-state index is 12.6. The average Bonchev–Trinajstić information content (AvgIpc) is 3.18. The molecule has 3 aliphatic heterocycles. The number of carbonyl (C=O) groups is 1. The molecule has 0 spiro atoms. The second-order valence-corrected chi connectivity index (χ2v) is 7.00. The number of anilines is 1. The number of carbonyl (C=O) groups excluding carboxylic acids is 1. The number of rotatable bonds is 2. The lowest BCUT2D eigenvalue weighted by molar-refractivity contribution is 0.172. The van der Waals surface area contributed by atoms with Gasteiger partial charge in [-0.15, -0.1) is 0 Å². The second-order valence-electron chi connectivity index (χ2n) is 6.65. The molecule has 126 valence electrons. The first-order valence-electron chi connectivity index (χ1n) is 8.42. The van der Waals surface area contributed by atoms with E-state index in [9.17, 15) is 4.79 Å². The largest absolute Gasteiger partial charge is 0.353 e. The molecule has 0 aliphatic carbocycles. The van der Waals surface area contributed by atoms with Crippen LogP contribution < -0.4 is 4.90 Å². The quantitative estimate of drug-likeness (QED) is 0.817. The molecule has 2 unspecified atom stereocenters. The van der Waals surface area contributed by atoms with Gasteiger partial charge in [0.1, 0.15) is 11.9 Å². The number of halogens is 1. The molecule has 4 heterocycles. The van der Waals surface area contributed by atoms with Crippen LogP contribution in [-0.4, -0.2) is 64.1 Å². The third-order valence-electron chi connectivity index (χ3n) is 5.26. The predicted octanol–water partition coefficient (Wildman–Crippen LogP) is 1.87. The second kappa shape index (κ2) is 6.10. The zero-order valence-corrected chi connectivity index (χ0v) is 14.1. The van der Waals surface area contributed by atoms with Gasteiger partial charge in [0.2, 0.25) is 0 Å². The van der Waals surface area contributed by atoms with Gasteiger partial charge in [0.15, 0.2) is 10.8 Å². The minimum atomic E-state index is 0.134. The summed E-state index contributed by atoms with van der Waals surface area (Å²) in [4.78, 5) is 27.2. The number of hydrogen-bond donors (Lipinski definition) is 0. The van der Waals surface area contributed by atoms with Gasteiger partial charge in [-0.3, -0.25) is 0 Å². The Kier molecular flexibility index (Phi) is 3.93. The molecule has 4 rings (SSSR count). The van der Waals surface area contributed by atoms with E-state index in [1.807, 2.05) is 15.9 Å². The Hall–Kier alpha value is -2.07. The lowest BCUT2D eigenvalue weighted by Gasteiger charge is -2.38. The molecule has 0 radical (unpaired) electrons. The van der Waals surface area contributed by atoms with Crippen LogP contribution >= 0.6 is 11.6 Å². The molecule has 3 saturated heterocycles. The fourth-order valence-corrected chi connectivity index (χ4v) is 4.23. The summed E-state index contributed by atoms with van der Waals surface area (Å²) in [6.45, 7) is 3.34. The molecule has 0 N–H and O–H groups in total.